The Morgan fingerprint density at radius 2 is 2.00 bits per heavy atom. The Balaban J connectivity index is 2.23. The highest BCUT2D eigenvalue weighted by Gasteiger charge is 2.04. The van der Waals surface area contributed by atoms with Gasteiger partial charge in [0.1, 0.15) is 17.2 Å². The van der Waals surface area contributed by atoms with Crippen molar-refractivity contribution in [3.8, 4) is 5.75 Å². The lowest BCUT2D eigenvalue weighted by atomic mass is 10.3. The van der Waals surface area contributed by atoms with Crippen molar-refractivity contribution in [1.82, 2.24) is 0 Å². The number of hydrogen-bond acceptors (Lipinski definition) is 3. The van der Waals surface area contributed by atoms with Crippen molar-refractivity contribution in [2.24, 2.45) is 4.99 Å². The van der Waals surface area contributed by atoms with Crippen LogP contribution in [0, 0.1) is 6.92 Å². The van der Waals surface area contributed by atoms with Gasteiger partial charge in [0, 0.05) is 0 Å². The molecule has 0 saturated heterocycles. The van der Waals surface area contributed by atoms with Crippen LogP contribution in [0.3, 0.4) is 0 Å². The largest absolute Gasteiger partial charge is 0.546 e. The summed E-state index contributed by atoms with van der Waals surface area (Å²) in [6.07, 6.45) is 3.40. The molecule has 0 bridgehead atoms. The average Bonchev–Trinajstić information content (AvgIpc) is 2.73. The first kappa shape index (κ1) is 12.6. The number of hydrogen-bond donors (Lipinski definition) is 0. The summed E-state index contributed by atoms with van der Waals surface area (Å²) in [6.45, 7) is 6.27. The fourth-order valence-electron chi connectivity index (χ4n) is 1.56. The summed E-state index contributed by atoms with van der Waals surface area (Å²) < 4.78 is 11.2. The van der Waals surface area contributed by atoms with E-state index in [0.717, 1.165) is 22.8 Å². The molecular formula is C14H17NO2Si. The molecule has 0 unspecified atom stereocenters. The second kappa shape index (κ2) is 5.69. The zero-order chi connectivity index (χ0) is 13.0. The second-order valence-electron chi connectivity index (χ2n) is 4.36. The molecule has 1 heterocycles. The summed E-state index contributed by atoms with van der Waals surface area (Å²) in [5.41, 5.74) is 1.92. The molecule has 1 aromatic heterocycles. The van der Waals surface area contributed by atoms with Crippen LogP contribution >= 0.6 is 0 Å². The van der Waals surface area contributed by atoms with Crippen LogP contribution in [0.5, 0.6) is 5.75 Å². The first-order valence-corrected chi connectivity index (χ1v) is 8.78. The first-order valence-electron chi connectivity index (χ1n) is 6.00. The van der Waals surface area contributed by atoms with Crippen LogP contribution in [-0.4, -0.2) is 15.3 Å². The minimum Gasteiger partial charge on any atom is -0.546 e. The molecule has 0 saturated carbocycles. The van der Waals surface area contributed by atoms with Crippen molar-refractivity contribution in [2.75, 3.05) is 0 Å². The SMILES string of the molecule is Cc1ccoc1C=Nc1ccccc1O[SiH](C)C. The monoisotopic (exact) mass is 259 g/mol. The zero-order valence-corrected chi connectivity index (χ0v) is 12.0. The average molecular weight is 259 g/mol. The number of rotatable bonds is 4. The zero-order valence-electron chi connectivity index (χ0n) is 10.9. The van der Waals surface area contributed by atoms with Crippen molar-refractivity contribution < 1.29 is 8.84 Å². The Morgan fingerprint density at radius 1 is 1.22 bits per heavy atom. The topological polar surface area (TPSA) is 34.7 Å². The lowest BCUT2D eigenvalue weighted by Crippen LogP contribution is -2.11. The fourth-order valence-corrected chi connectivity index (χ4v) is 2.27. The van der Waals surface area contributed by atoms with Crippen LogP contribution < -0.4 is 4.43 Å². The molecule has 2 rings (SSSR count). The van der Waals surface area contributed by atoms with Crippen LogP contribution in [0.15, 0.2) is 46.0 Å². The quantitative estimate of drug-likeness (QED) is 0.620. The van der Waals surface area contributed by atoms with Gasteiger partial charge in [-0.25, -0.2) is 4.99 Å². The Bertz CT molecular complexity index is 546. The summed E-state index contributed by atoms with van der Waals surface area (Å²) in [5.74, 6) is 1.63. The molecular weight excluding hydrogens is 242 g/mol. The third-order valence-corrected chi connectivity index (χ3v) is 3.18. The summed E-state index contributed by atoms with van der Waals surface area (Å²) in [6, 6.07) is 9.74. The highest BCUT2D eigenvalue weighted by Crippen LogP contribution is 2.27. The van der Waals surface area contributed by atoms with Gasteiger partial charge in [-0.2, -0.15) is 0 Å². The van der Waals surface area contributed by atoms with Gasteiger partial charge in [0.05, 0.1) is 12.5 Å². The summed E-state index contributed by atoms with van der Waals surface area (Å²) in [4.78, 5) is 4.44. The molecule has 2 aromatic rings. The molecule has 0 atom stereocenters. The summed E-state index contributed by atoms with van der Waals surface area (Å²) in [7, 11) is -1.12. The number of aliphatic imine (C=N–C) groups is 1. The Hall–Kier alpha value is -1.81. The second-order valence-corrected chi connectivity index (χ2v) is 6.69. The highest BCUT2D eigenvalue weighted by molar-refractivity contribution is 6.49. The Morgan fingerprint density at radius 3 is 2.67 bits per heavy atom. The Labute approximate surface area is 109 Å². The van der Waals surface area contributed by atoms with Gasteiger partial charge >= 0.3 is 0 Å². The number of para-hydroxylation sites is 2. The lowest BCUT2D eigenvalue weighted by molar-refractivity contribution is 0.558. The van der Waals surface area contributed by atoms with Gasteiger partial charge in [0.25, 0.3) is 0 Å². The number of nitrogens with zero attached hydrogens (tertiary/aromatic N) is 1. The van der Waals surface area contributed by atoms with E-state index >= 15 is 0 Å². The Kier molecular flexibility index (Phi) is 3.99. The molecule has 0 amide bonds. The van der Waals surface area contributed by atoms with Crippen molar-refractivity contribution >= 4 is 20.9 Å². The molecule has 94 valence electrons. The predicted molar refractivity (Wildman–Crippen MR) is 76.6 cm³/mol. The van der Waals surface area contributed by atoms with E-state index in [2.05, 4.69) is 18.1 Å². The van der Waals surface area contributed by atoms with E-state index in [1.54, 1.807) is 12.5 Å². The lowest BCUT2D eigenvalue weighted by Gasteiger charge is -2.10. The van der Waals surface area contributed by atoms with Crippen LogP contribution in [-0.2, 0) is 0 Å². The number of aryl methyl sites for hydroxylation is 1. The van der Waals surface area contributed by atoms with Gasteiger partial charge in [-0.05, 0) is 43.8 Å². The van der Waals surface area contributed by atoms with Gasteiger partial charge in [-0.3, -0.25) is 0 Å². The van der Waals surface area contributed by atoms with E-state index < -0.39 is 9.04 Å². The van der Waals surface area contributed by atoms with E-state index in [1.165, 1.54) is 0 Å². The summed E-state index contributed by atoms with van der Waals surface area (Å²) >= 11 is 0. The van der Waals surface area contributed by atoms with Crippen LogP contribution in [0.1, 0.15) is 11.3 Å². The molecule has 1 aromatic carbocycles. The minimum atomic E-state index is -1.12. The number of benzene rings is 1. The maximum absolute atomic E-state index is 5.84. The normalized spacial score (nSPS) is 11.3. The van der Waals surface area contributed by atoms with Gasteiger partial charge in [0.15, 0.2) is 0 Å². The van der Waals surface area contributed by atoms with Crippen LogP contribution in [0.25, 0.3) is 0 Å². The molecule has 0 aliphatic carbocycles. The minimum absolute atomic E-state index is 0.784. The van der Waals surface area contributed by atoms with Crippen molar-refractivity contribution in [2.45, 2.75) is 20.0 Å². The molecule has 0 spiro atoms. The highest BCUT2D eigenvalue weighted by atomic mass is 28.3. The molecule has 3 nitrogen and oxygen atoms in total. The van der Waals surface area contributed by atoms with Crippen molar-refractivity contribution in [3.63, 3.8) is 0 Å². The van der Waals surface area contributed by atoms with Gasteiger partial charge in [-0.15, -0.1) is 0 Å². The van der Waals surface area contributed by atoms with E-state index in [4.69, 9.17) is 8.84 Å². The molecule has 4 heteroatoms. The van der Waals surface area contributed by atoms with Gasteiger partial charge in [-0.1, -0.05) is 12.1 Å². The third kappa shape index (κ3) is 3.11. The maximum Gasteiger partial charge on any atom is 0.229 e. The molecule has 0 N–H and O–H groups in total. The maximum atomic E-state index is 5.84. The van der Waals surface area contributed by atoms with E-state index in [9.17, 15) is 0 Å². The number of furan rings is 1. The standard InChI is InChI=1S/C14H17NO2Si/c1-11-8-9-16-14(11)10-15-12-6-4-5-7-13(12)17-18(2)3/h4-10,18H,1-3H3. The van der Waals surface area contributed by atoms with E-state index in [1.807, 2.05) is 37.3 Å². The molecule has 0 fully saturated rings. The first-order chi connectivity index (χ1) is 8.66. The molecule has 0 aliphatic heterocycles. The predicted octanol–water partition coefficient (Wildman–Crippen LogP) is 3.70. The van der Waals surface area contributed by atoms with Gasteiger partial charge in [0.2, 0.25) is 9.04 Å². The van der Waals surface area contributed by atoms with E-state index in [0.29, 0.717) is 0 Å². The smallest absolute Gasteiger partial charge is 0.229 e. The molecule has 0 radical (unpaired) electrons. The fraction of sp³-hybridized carbons (Fsp3) is 0.214. The van der Waals surface area contributed by atoms with E-state index in [-0.39, 0.29) is 0 Å². The molecule has 18 heavy (non-hydrogen) atoms. The summed E-state index contributed by atoms with van der Waals surface area (Å²) in [5, 5.41) is 0. The van der Waals surface area contributed by atoms with Crippen molar-refractivity contribution in [3.05, 3.63) is 47.9 Å². The van der Waals surface area contributed by atoms with Gasteiger partial charge < -0.3 is 8.84 Å². The van der Waals surface area contributed by atoms with Crippen LogP contribution in [0.2, 0.25) is 13.1 Å². The van der Waals surface area contributed by atoms with Crippen LogP contribution in [0.4, 0.5) is 5.69 Å². The van der Waals surface area contributed by atoms with Crippen molar-refractivity contribution in [1.29, 1.82) is 0 Å². The molecule has 0 aliphatic rings. The third-order valence-electron chi connectivity index (χ3n) is 2.45.